The summed E-state index contributed by atoms with van der Waals surface area (Å²) in [6.07, 6.45) is 86.5. The summed E-state index contributed by atoms with van der Waals surface area (Å²) in [6.45, 7) is 6.71. The summed E-state index contributed by atoms with van der Waals surface area (Å²) in [5, 5.41) is 0. The first-order valence-electron chi connectivity index (χ1n) is 36.8. The van der Waals surface area contributed by atoms with E-state index in [9.17, 15) is 14.4 Å². The third-order valence-corrected chi connectivity index (χ3v) is 17.0. The number of ether oxygens (including phenoxy) is 3. The van der Waals surface area contributed by atoms with Crippen molar-refractivity contribution in [1.29, 1.82) is 0 Å². The Kier molecular flexibility index (Phi) is 68.5. The molecular formula is C75H142O6. The number of hydrogen-bond donors (Lipinski definition) is 0. The first-order chi connectivity index (χ1) is 40.0. The second-order valence-electron chi connectivity index (χ2n) is 25.2. The lowest BCUT2D eigenvalue weighted by Gasteiger charge is -2.18. The van der Waals surface area contributed by atoms with E-state index in [-0.39, 0.29) is 31.1 Å². The van der Waals surface area contributed by atoms with E-state index in [4.69, 9.17) is 14.2 Å². The van der Waals surface area contributed by atoms with Crippen LogP contribution in [0.3, 0.4) is 0 Å². The van der Waals surface area contributed by atoms with Crippen molar-refractivity contribution in [2.45, 2.75) is 425 Å². The molecule has 0 heterocycles. The molecule has 1 unspecified atom stereocenters. The molecule has 1 atom stereocenters. The van der Waals surface area contributed by atoms with E-state index < -0.39 is 6.10 Å². The van der Waals surface area contributed by atoms with E-state index in [1.807, 2.05) is 0 Å². The Labute approximate surface area is 506 Å². The van der Waals surface area contributed by atoms with Crippen molar-refractivity contribution in [3.05, 3.63) is 24.3 Å². The van der Waals surface area contributed by atoms with Crippen molar-refractivity contribution in [1.82, 2.24) is 0 Å². The van der Waals surface area contributed by atoms with Gasteiger partial charge in [-0.2, -0.15) is 0 Å². The maximum Gasteiger partial charge on any atom is 0.306 e. The van der Waals surface area contributed by atoms with Crippen molar-refractivity contribution in [2.24, 2.45) is 0 Å². The van der Waals surface area contributed by atoms with Gasteiger partial charge in [0.15, 0.2) is 6.10 Å². The summed E-state index contributed by atoms with van der Waals surface area (Å²) in [6, 6.07) is 0. The number of hydrogen-bond acceptors (Lipinski definition) is 6. The monoisotopic (exact) mass is 1140 g/mol. The summed E-state index contributed by atoms with van der Waals surface area (Å²) in [7, 11) is 0. The minimum absolute atomic E-state index is 0.0652. The fraction of sp³-hybridized carbons (Fsp3) is 0.907. The van der Waals surface area contributed by atoms with Gasteiger partial charge >= 0.3 is 17.9 Å². The molecule has 0 saturated carbocycles. The Balaban J connectivity index is 4.16. The van der Waals surface area contributed by atoms with Crippen LogP contribution in [0.4, 0.5) is 0 Å². The minimum atomic E-state index is -0.769. The van der Waals surface area contributed by atoms with Gasteiger partial charge in [-0.05, 0) is 51.4 Å². The second-order valence-corrected chi connectivity index (χ2v) is 25.2. The normalized spacial score (nSPS) is 12.1. The van der Waals surface area contributed by atoms with Crippen LogP contribution in [-0.2, 0) is 28.6 Å². The van der Waals surface area contributed by atoms with Gasteiger partial charge < -0.3 is 14.2 Å². The van der Waals surface area contributed by atoms with Crippen LogP contribution >= 0.6 is 0 Å². The lowest BCUT2D eigenvalue weighted by atomic mass is 10.0. The van der Waals surface area contributed by atoms with Crippen molar-refractivity contribution >= 4 is 17.9 Å². The maximum absolute atomic E-state index is 13.0. The SMILES string of the molecule is CCCCCCC/C=C\C/C=C\CCCCCCCCCCCCCC(=O)OC(COC(=O)CCCCCCCCCCCCCC)COC(=O)CCCCCCCCCCCCCCCCCCCCCCCCCCCCCC. The highest BCUT2D eigenvalue weighted by Gasteiger charge is 2.20. The van der Waals surface area contributed by atoms with E-state index in [1.54, 1.807) is 0 Å². The highest BCUT2D eigenvalue weighted by Crippen LogP contribution is 2.19. The van der Waals surface area contributed by atoms with Gasteiger partial charge in [0.1, 0.15) is 13.2 Å². The number of esters is 3. The fourth-order valence-corrected chi connectivity index (χ4v) is 11.4. The summed E-state index contributed by atoms with van der Waals surface area (Å²) < 4.78 is 17.0. The average Bonchev–Trinajstić information content (AvgIpc) is 3.47. The molecule has 81 heavy (non-hydrogen) atoms. The molecule has 0 bridgehead atoms. The van der Waals surface area contributed by atoms with Crippen LogP contribution in [0.1, 0.15) is 419 Å². The number of carbonyl (C=O) groups excluding carboxylic acids is 3. The first kappa shape index (κ1) is 78.9. The molecule has 0 aromatic heterocycles. The molecule has 0 spiro atoms. The van der Waals surface area contributed by atoms with Crippen LogP contribution in [0.2, 0.25) is 0 Å². The zero-order chi connectivity index (χ0) is 58.5. The molecule has 0 radical (unpaired) electrons. The summed E-state index contributed by atoms with van der Waals surface area (Å²) in [5.74, 6) is -0.834. The van der Waals surface area contributed by atoms with Gasteiger partial charge in [-0.3, -0.25) is 14.4 Å². The summed E-state index contributed by atoms with van der Waals surface area (Å²) in [4.78, 5) is 38.4. The Morgan fingerprint density at radius 2 is 0.444 bits per heavy atom. The molecule has 6 heteroatoms. The van der Waals surface area contributed by atoms with Crippen molar-refractivity contribution in [2.75, 3.05) is 13.2 Å². The number of rotatable bonds is 69. The molecule has 0 aliphatic rings. The molecule has 0 aliphatic heterocycles. The predicted molar refractivity (Wildman–Crippen MR) is 353 cm³/mol. The van der Waals surface area contributed by atoms with E-state index in [0.29, 0.717) is 19.3 Å². The largest absolute Gasteiger partial charge is 0.462 e. The van der Waals surface area contributed by atoms with Crippen molar-refractivity contribution in [3.63, 3.8) is 0 Å². The van der Waals surface area contributed by atoms with Crippen LogP contribution in [0.15, 0.2) is 24.3 Å². The Hall–Kier alpha value is -2.11. The van der Waals surface area contributed by atoms with Gasteiger partial charge in [-0.25, -0.2) is 0 Å². The zero-order valence-corrected chi connectivity index (χ0v) is 55.1. The molecule has 6 nitrogen and oxygen atoms in total. The third-order valence-electron chi connectivity index (χ3n) is 17.0. The Morgan fingerprint density at radius 3 is 0.679 bits per heavy atom. The zero-order valence-electron chi connectivity index (χ0n) is 55.1. The number of carbonyl (C=O) groups is 3. The van der Waals surface area contributed by atoms with Gasteiger partial charge in [0, 0.05) is 19.3 Å². The van der Waals surface area contributed by atoms with Crippen molar-refractivity contribution < 1.29 is 28.6 Å². The van der Waals surface area contributed by atoms with Crippen LogP contribution in [0, 0.1) is 0 Å². The molecule has 0 amide bonds. The van der Waals surface area contributed by atoms with Crippen LogP contribution in [-0.4, -0.2) is 37.2 Å². The standard InChI is InChI=1S/C75H142O6/c1-4-7-10-13-16-19-22-25-27-29-31-33-35-36-37-38-39-41-42-44-46-48-50-53-56-59-62-65-68-74(77)80-71-72(70-79-73(76)67-64-61-58-55-52-24-21-18-15-12-9-6-3)81-75(78)69-66-63-60-57-54-51-49-47-45-43-40-34-32-30-28-26-23-20-17-14-11-8-5-2/h23,26,30,32,72H,4-22,24-25,27-29,31,33-71H2,1-3H3/b26-23-,32-30-. The van der Waals surface area contributed by atoms with Gasteiger partial charge in [0.2, 0.25) is 0 Å². The molecule has 0 rings (SSSR count). The van der Waals surface area contributed by atoms with Crippen LogP contribution in [0.25, 0.3) is 0 Å². The lowest BCUT2D eigenvalue weighted by molar-refractivity contribution is -0.167. The average molecular weight is 1140 g/mol. The fourth-order valence-electron chi connectivity index (χ4n) is 11.4. The first-order valence-corrected chi connectivity index (χ1v) is 36.8. The molecule has 0 aliphatic carbocycles. The van der Waals surface area contributed by atoms with E-state index in [2.05, 4.69) is 45.1 Å². The maximum atomic E-state index is 13.0. The van der Waals surface area contributed by atoms with E-state index >= 15 is 0 Å². The van der Waals surface area contributed by atoms with Gasteiger partial charge in [0.05, 0.1) is 0 Å². The molecule has 478 valence electrons. The van der Waals surface area contributed by atoms with Gasteiger partial charge in [0.25, 0.3) is 0 Å². The summed E-state index contributed by atoms with van der Waals surface area (Å²) >= 11 is 0. The highest BCUT2D eigenvalue weighted by molar-refractivity contribution is 5.71. The molecule has 0 saturated heterocycles. The van der Waals surface area contributed by atoms with Crippen LogP contribution < -0.4 is 0 Å². The summed E-state index contributed by atoms with van der Waals surface area (Å²) in [5.41, 5.74) is 0. The quantitative estimate of drug-likeness (QED) is 0.0261. The second kappa shape index (κ2) is 70.4. The minimum Gasteiger partial charge on any atom is -0.462 e. The van der Waals surface area contributed by atoms with E-state index in [1.165, 1.54) is 315 Å². The van der Waals surface area contributed by atoms with E-state index in [0.717, 1.165) is 64.2 Å². The molecule has 0 N–H and O–H groups in total. The Morgan fingerprint density at radius 1 is 0.247 bits per heavy atom. The Bertz CT molecular complexity index is 1310. The topological polar surface area (TPSA) is 78.9 Å². The number of unbranched alkanes of at least 4 members (excludes halogenated alkanes) is 54. The lowest BCUT2D eigenvalue weighted by Crippen LogP contribution is -2.30. The third kappa shape index (κ3) is 68.6. The van der Waals surface area contributed by atoms with Gasteiger partial charge in [-0.15, -0.1) is 0 Å². The van der Waals surface area contributed by atoms with Crippen LogP contribution in [0.5, 0.6) is 0 Å². The highest BCUT2D eigenvalue weighted by atomic mass is 16.6. The molecule has 0 aromatic carbocycles. The van der Waals surface area contributed by atoms with Crippen molar-refractivity contribution in [3.8, 4) is 0 Å². The molecule has 0 fully saturated rings. The van der Waals surface area contributed by atoms with Gasteiger partial charge in [-0.1, -0.05) is 373 Å². The number of allylic oxidation sites excluding steroid dienone is 4. The predicted octanol–water partition coefficient (Wildman–Crippen LogP) is 25.3. The molecule has 0 aromatic rings. The smallest absolute Gasteiger partial charge is 0.306 e. The molecular weight excluding hydrogens is 997 g/mol.